The SMILES string of the molecule is CC(C)C(CCl)Nc1ncc(Br)cc1Cl. The molecule has 5 heteroatoms. The lowest BCUT2D eigenvalue weighted by atomic mass is 10.1. The van der Waals surface area contributed by atoms with Crippen molar-refractivity contribution >= 4 is 44.9 Å². The Kier molecular flexibility index (Phi) is 5.16. The van der Waals surface area contributed by atoms with E-state index >= 15 is 0 Å². The number of nitrogens with zero attached hydrogens (tertiary/aromatic N) is 1. The normalized spacial score (nSPS) is 12.9. The summed E-state index contributed by atoms with van der Waals surface area (Å²) in [6.45, 7) is 4.21. The molecular weight excluding hydrogens is 299 g/mol. The molecule has 1 aromatic rings. The summed E-state index contributed by atoms with van der Waals surface area (Å²) >= 11 is 15.2. The number of hydrogen-bond acceptors (Lipinski definition) is 2. The zero-order chi connectivity index (χ0) is 11.4. The van der Waals surface area contributed by atoms with Crippen molar-refractivity contribution in [3.8, 4) is 0 Å². The lowest BCUT2D eigenvalue weighted by Gasteiger charge is -2.20. The summed E-state index contributed by atoms with van der Waals surface area (Å²) in [5.74, 6) is 1.65. The van der Waals surface area contributed by atoms with E-state index in [-0.39, 0.29) is 6.04 Å². The summed E-state index contributed by atoms with van der Waals surface area (Å²) in [7, 11) is 0. The van der Waals surface area contributed by atoms with Gasteiger partial charge in [-0.05, 0) is 27.9 Å². The molecule has 0 amide bonds. The minimum atomic E-state index is 0.179. The van der Waals surface area contributed by atoms with Gasteiger partial charge in [-0.2, -0.15) is 0 Å². The highest BCUT2D eigenvalue weighted by molar-refractivity contribution is 9.10. The lowest BCUT2D eigenvalue weighted by Crippen LogP contribution is -2.27. The summed E-state index contributed by atoms with van der Waals surface area (Å²) in [5.41, 5.74) is 0. The maximum Gasteiger partial charge on any atom is 0.145 e. The highest BCUT2D eigenvalue weighted by atomic mass is 79.9. The molecule has 1 unspecified atom stereocenters. The molecule has 15 heavy (non-hydrogen) atoms. The zero-order valence-corrected chi connectivity index (χ0v) is 11.7. The number of hydrogen-bond donors (Lipinski definition) is 1. The zero-order valence-electron chi connectivity index (χ0n) is 8.60. The maximum absolute atomic E-state index is 6.04. The standard InChI is InChI=1S/C10H13BrCl2N2/c1-6(2)9(4-12)15-10-8(13)3-7(11)5-14-10/h3,5-6,9H,4H2,1-2H3,(H,14,15). The Morgan fingerprint density at radius 1 is 1.53 bits per heavy atom. The average Bonchev–Trinajstić information content (AvgIpc) is 2.16. The molecule has 0 fully saturated rings. The summed E-state index contributed by atoms with van der Waals surface area (Å²) in [4.78, 5) is 4.20. The fourth-order valence-electron chi connectivity index (χ4n) is 1.08. The van der Waals surface area contributed by atoms with E-state index in [2.05, 4.69) is 40.1 Å². The van der Waals surface area contributed by atoms with Gasteiger partial charge in [0, 0.05) is 22.6 Å². The van der Waals surface area contributed by atoms with Gasteiger partial charge in [0.2, 0.25) is 0 Å². The van der Waals surface area contributed by atoms with Crippen molar-refractivity contribution in [2.45, 2.75) is 19.9 Å². The molecule has 1 atom stereocenters. The van der Waals surface area contributed by atoms with E-state index < -0.39 is 0 Å². The van der Waals surface area contributed by atoms with E-state index in [1.54, 1.807) is 6.20 Å². The van der Waals surface area contributed by atoms with E-state index in [1.807, 2.05) is 6.07 Å². The van der Waals surface area contributed by atoms with Crippen LogP contribution in [0.1, 0.15) is 13.8 Å². The molecule has 0 saturated heterocycles. The minimum Gasteiger partial charge on any atom is -0.365 e. The first-order valence-electron chi connectivity index (χ1n) is 4.68. The Balaban J connectivity index is 2.79. The Hall–Kier alpha value is 0.01000. The predicted molar refractivity (Wildman–Crippen MR) is 69.9 cm³/mol. The Bertz CT molecular complexity index is 331. The van der Waals surface area contributed by atoms with Crippen molar-refractivity contribution in [2.24, 2.45) is 5.92 Å². The van der Waals surface area contributed by atoms with Crippen molar-refractivity contribution in [1.82, 2.24) is 4.98 Å². The van der Waals surface area contributed by atoms with Gasteiger partial charge < -0.3 is 5.32 Å². The third-order valence-electron chi connectivity index (χ3n) is 2.10. The van der Waals surface area contributed by atoms with Crippen LogP contribution in [0.25, 0.3) is 0 Å². The third kappa shape index (κ3) is 3.82. The van der Waals surface area contributed by atoms with Gasteiger partial charge in [0.05, 0.1) is 5.02 Å². The van der Waals surface area contributed by atoms with E-state index in [1.165, 1.54) is 0 Å². The van der Waals surface area contributed by atoms with E-state index in [9.17, 15) is 0 Å². The first kappa shape index (κ1) is 13.1. The van der Waals surface area contributed by atoms with Crippen molar-refractivity contribution in [2.75, 3.05) is 11.2 Å². The van der Waals surface area contributed by atoms with Crippen LogP contribution >= 0.6 is 39.1 Å². The third-order valence-corrected chi connectivity index (χ3v) is 3.16. The number of anilines is 1. The number of aromatic nitrogens is 1. The van der Waals surface area contributed by atoms with Crippen LogP contribution in [0, 0.1) is 5.92 Å². The summed E-state index contributed by atoms with van der Waals surface area (Å²) < 4.78 is 0.866. The van der Waals surface area contributed by atoms with Gasteiger partial charge in [0.1, 0.15) is 5.82 Å². The maximum atomic E-state index is 6.04. The van der Waals surface area contributed by atoms with Gasteiger partial charge in [0.25, 0.3) is 0 Å². The fraction of sp³-hybridized carbons (Fsp3) is 0.500. The molecule has 1 aromatic heterocycles. The molecule has 1 heterocycles. The molecule has 0 bridgehead atoms. The number of halogens is 3. The Morgan fingerprint density at radius 2 is 2.20 bits per heavy atom. The number of pyridine rings is 1. The predicted octanol–water partition coefficient (Wildman–Crippen LogP) is 4.17. The van der Waals surface area contributed by atoms with Crippen LogP contribution < -0.4 is 5.32 Å². The largest absolute Gasteiger partial charge is 0.365 e. The molecule has 0 aliphatic carbocycles. The smallest absolute Gasteiger partial charge is 0.145 e. The average molecular weight is 312 g/mol. The second kappa shape index (κ2) is 5.92. The second-order valence-electron chi connectivity index (χ2n) is 3.63. The van der Waals surface area contributed by atoms with Crippen LogP contribution in [0.2, 0.25) is 5.02 Å². The van der Waals surface area contributed by atoms with Crippen molar-refractivity contribution in [3.63, 3.8) is 0 Å². The molecule has 0 spiro atoms. The van der Waals surface area contributed by atoms with E-state index in [0.717, 1.165) is 4.47 Å². The highest BCUT2D eigenvalue weighted by Gasteiger charge is 2.13. The van der Waals surface area contributed by atoms with Gasteiger partial charge in [-0.3, -0.25) is 0 Å². The van der Waals surface area contributed by atoms with Crippen LogP contribution in [0.5, 0.6) is 0 Å². The monoisotopic (exact) mass is 310 g/mol. The minimum absolute atomic E-state index is 0.179. The molecule has 1 rings (SSSR count). The van der Waals surface area contributed by atoms with Crippen LogP contribution in [-0.4, -0.2) is 16.9 Å². The van der Waals surface area contributed by atoms with Gasteiger partial charge in [0.15, 0.2) is 0 Å². The highest BCUT2D eigenvalue weighted by Crippen LogP contribution is 2.24. The van der Waals surface area contributed by atoms with Crippen LogP contribution in [0.4, 0.5) is 5.82 Å². The molecule has 2 nitrogen and oxygen atoms in total. The number of nitrogens with one attached hydrogen (secondary N) is 1. The molecule has 0 aliphatic heterocycles. The molecule has 0 aromatic carbocycles. The van der Waals surface area contributed by atoms with Crippen molar-refractivity contribution in [1.29, 1.82) is 0 Å². The quantitative estimate of drug-likeness (QED) is 0.844. The Morgan fingerprint density at radius 3 is 2.67 bits per heavy atom. The first-order valence-corrected chi connectivity index (χ1v) is 6.38. The van der Waals surface area contributed by atoms with Gasteiger partial charge in [-0.15, -0.1) is 11.6 Å². The Labute approximate surface area is 108 Å². The van der Waals surface area contributed by atoms with Crippen molar-refractivity contribution in [3.05, 3.63) is 21.8 Å². The topological polar surface area (TPSA) is 24.9 Å². The van der Waals surface area contributed by atoms with Crippen LogP contribution in [0.3, 0.4) is 0 Å². The summed E-state index contributed by atoms with van der Waals surface area (Å²) in [5, 5.41) is 3.83. The molecule has 0 aliphatic rings. The lowest BCUT2D eigenvalue weighted by molar-refractivity contribution is 0.562. The fourth-order valence-corrected chi connectivity index (χ4v) is 2.20. The molecule has 0 radical (unpaired) electrons. The van der Waals surface area contributed by atoms with Gasteiger partial charge in [-0.1, -0.05) is 25.4 Å². The second-order valence-corrected chi connectivity index (χ2v) is 5.26. The molecular formula is C10H13BrCl2N2. The van der Waals surface area contributed by atoms with Gasteiger partial charge >= 0.3 is 0 Å². The first-order chi connectivity index (χ1) is 7.04. The summed E-state index contributed by atoms with van der Waals surface area (Å²) in [6, 6.07) is 1.99. The number of alkyl halides is 1. The van der Waals surface area contributed by atoms with Gasteiger partial charge in [-0.25, -0.2) is 4.98 Å². The molecule has 1 N–H and O–H groups in total. The molecule has 84 valence electrons. The number of rotatable bonds is 4. The van der Waals surface area contributed by atoms with Crippen LogP contribution in [0.15, 0.2) is 16.7 Å². The van der Waals surface area contributed by atoms with Crippen LogP contribution in [-0.2, 0) is 0 Å². The van der Waals surface area contributed by atoms with Crippen molar-refractivity contribution < 1.29 is 0 Å². The van der Waals surface area contributed by atoms with E-state index in [0.29, 0.717) is 22.6 Å². The molecule has 0 saturated carbocycles. The summed E-state index contributed by atoms with van der Waals surface area (Å²) in [6.07, 6.45) is 1.71. The van der Waals surface area contributed by atoms with E-state index in [4.69, 9.17) is 23.2 Å².